The summed E-state index contributed by atoms with van der Waals surface area (Å²) >= 11 is 13.6. The summed E-state index contributed by atoms with van der Waals surface area (Å²) < 4.78 is 1.49. The first-order valence-corrected chi connectivity index (χ1v) is 7.20. The molecule has 0 aromatic carbocycles. The van der Waals surface area contributed by atoms with E-state index in [0.29, 0.717) is 5.92 Å². The van der Waals surface area contributed by atoms with Crippen molar-refractivity contribution < 1.29 is 0 Å². The summed E-state index contributed by atoms with van der Waals surface area (Å²) in [6.07, 6.45) is 6.36. The van der Waals surface area contributed by atoms with Gasteiger partial charge >= 0.3 is 0 Å². The van der Waals surface area contributed by atoms with E-state index >= 15 is 0 Å². The van der Waals surface area contributed by atoms with Gasteiger partial charge in [-0.2, -0.15) is 0 Å². The van der Waals surface area contributed by atoms with E-state index < -0.39 is 0 Å². The second kappa shape index (κ2) is 5.69. The summed E-state index contributed by atoms with van der Waals surface area (Å²) in [6.45, 7) is 0. The van der Waals surface area contributed by atoms with Gasteiger partial charge in [-0.15, -0.1) is 11.3 Å². The van der Waals surface area contributed by atoms with Crippen molar-refractivity contribution in [1.82, 2.24) is 5.43 Å². The fourth-order valence-corrected chi connectivity index (χ4v) is 4.06. The molecule has 0 spiro atoms. The number of nitrogens with one attached hydrogen (secondary N) is 1. The standard InChI is InChI=1S/C11H16Cl2N2S/c12-9-6-8(11(13)16-9)10(15-14)7-4-2-1-3-5-7/h6-7,10,15H,1-5,14H2. The van der Waals surface area contributed by atoms with Gasteiger partial charge in [0.1, 0.15) is 0 Å². The molecule has 0 radical (unpaired) electrons. The van der Waals surface area contributed by atoms with Crippen molar-refractivity contribution in [2.45, 2.75) is 38.1 Å². The molecule has 1 aromatic heterocycles. The van der Waals surface area contributed by atoms with Crippen molar-refractivity contribution in [2.75, 3.05) is 0 Å². The molecule has 16 heavy (non-hydrogen) atoms. The van der Waals surface area contributed by atoms with Crippen LogP contribution in [0.15, 0.2) is 6.07 Å². The van der Waals surface area contributed by atoms with Crippen molar-refractivity contribution in [3.63, 3.8) is 0 Å². The van der Waals surface area contributed by atoms with E-state index in [1.807, 2.05) is 6.07 Å². The van der Waals surface area contributed by atoms with Gasteiger partial charge in [0.05, 0.1) is 14.7 Å². The molecule has 5 heteroatoms. The SMILES string of the molecule is NNC(c1cc(Cl)sc1Cl)C1CCCCC1. The van der Waals surface area contributed by atoms with Gasteiger partial charge in [-0.3, -0.25) is 11.3 Å². The molecule has 2 rings (SSSR count). The number of hydrogen-bond acceptors (Lipinski definition) is 3. The van der Waals surface area contributed by atoms with Gasteiger partial charge in [-0.25, -0.2) is 0 Å². The lowest BCUT2D eigenvalue weighted by molar-refractivity contribution is 0.274. The molecule has 1 heterocycles. The highest BCUT2D eigenvalue weighted by atomic mass is 35.5. The normalized spacial score (nSPS) is 19.9. The largest absolute Gasteiger partial charge is 0.271 e. The van der Waals surface area contributed by atoms with Crippen LogP contribution in [0.2, 0.25) is 8.67 Å². The molecule has 0 amide bonds. The molecule has 1 saturated carbocycles. The van der Waals surface area contributed by atoms with Gasteiger partial charge in [0, 0.05) is 5.56 Å². The van der Waals surface area contributed by atoms with Crippen LogP contribution in [0.25, 0.3) is 0 Å². The van der Waals surface area contributed by atoms with Crippen LogP contribution in [0.1, 0.15) is 43.7 Å². The maximum absolute atomic E-state index is 6.18. The third kappa shape index (κ3) is 2.71. The maximum Gasteiger partial charge on any atom is 0.0992 e. The zero-order valence-electron chi connectivity index (χ0n) is 9.01. The van der Waals surface area contributed by atoms with Crippen molar-refractivity contribution >= 4 is 34.5 Å². The first-order chi connectivity index (χ1) is 7.72. The van der Waals surface area contributed by atoms with Crippen molar-refractivity contribution in [2.24, 2.45) is 11.8 Å². The van der Waals surface area contributed by atoms with E-state index in [1.165, 1.54) is 43.4 Å². The van der Waals surface area contributed by atoms with Crippen LogP contribution in [0.5, 0.6) is 0 Å². The Kier molecular flexibility index (Phi) is 4.50. The van der Waals surface area contributed by atoms with Crippen LogP contribution in [-0.4, -0.2) is 0 Å². The van der Waals surface area contributed by atoms with Gasteiger partial charge in [-0.1, -0.05) is 42.5 Å². The van der Waals surface area contributed by atoms with E-state index in [1.54, 1.807) is 0 Å². The molecule has 3 N–H and O–H groups in total. The molecule has 1 atom stereocenters. The molecular weight excluding hydrogens is 263 g/mol. The van der Waals surface area contributed by atoms with Gasteiger partial charge in [0.25, 0.3) is 0 Å². The average molecular weight is 279 g/mol. The number of nitrogens with two attached hydrogens (primary N) is 1. The lowest BCUT2D eigenvalue weighted by Gasteiger charge is -2.29. The minimum atomic E-state index is 0.150. The molecule has 1 aliphatic rings. The van der Waals surface area contributed by atoms with E-state index in [9.17, 15) is 0 Å². The molecule has 1 unspecified atom stereocenters. The van der Waals surface area contributed by atoms with E-state index in [4.69, 9.17) is 29.0 Å². The predicted octanol–water partition coefficient (Wildman–Crippen LogP) is 4.14. The van der Waals surface area contributed by atoms with Gasteiger partial charge < -0.3 is 0 Å². The van der Waals surface area contributed by atoms with Crippen LogP contribution >= 0.6 is 34.5 Å². The number of halogens is 2. The molecular formula is C11H16Cl2N2S. The zero-order chi connectivity index (χ0) is 11.5. The van der Waals surface area contributed by atoms with E-state index in [-0.39, 0.29) is 6.04 Å². The van der Waals surface area contributed by atoms with Crippen molar-refractivity contribution in [3.05, 3.63) is 20.3 Å². The van der Waals surface area contributed by atoms with Crippen LogP contribution in [0.3, 0.4) is 0 Å². The first-order valence-electron chi connectivity index (χ1n) is 5.63. The number of thiophene rings is 1. The molecule has 2 nitrogen and oxygen atoms in total. The highest BCUT2D eigenvalue weighted by Gasteiger charge is 2.26. The van der Waals surface area contributed by atoms with Gasteiger partial charge in [0.2, 0.25) is 0 Å². The summed E-state index contributed by atoms with van der Waals surface area (Å²) in [4.78, 5) is 0. The molecule has 1 fully saturated rings. The van der Waals surface area contributed by atoms with Crippen LogP contribution in [0, 0.1) is 5.92 Å². The Hall–Kier alpha value is 0.200. The van der Waals surface area contributed by atoms with E-state index in [2.05, 4.69) is 5.43 Å². The molecule has 1 aromatic rings. The van der Waals surface area contributed by atoms with Crippen molar-refractivity contribution in [3.8, 4) is 0 Å². The Balaban J connectivity index is 2.17. The smallest absolute Gasteiger partial charge is 0.0992 e. The second-order valence-corrected chi connectivity index (χ2v) is 6.61. The lowest BCUT2D eigenvalue weighted by Crippen LogP contribution is -2.34. The Morgan fingerprint density at radius 3 is 2.50 bits per heavy atom. The third-order valence-electron chi connectivity index (χ3n) is 3.32. The first kappa shape index (κ1) is 12.7. The Morgan fingerprint density at radius 2 is 2.00 bits per heavy atom. The average Bonchev–Trinajstić information content (AvgIpc) is 2.61. The molecule has 90 valence electrons. The van der Waals surface area contributed by atoms with Gasteiger partial charge in [-0.05, 0) is 24.8 Å². The number of hydrogen-bond donors (Lipinski definition) is 2. The summed E-state index contributed by atoms with van der Waals surface area (Å²) in [6, 6.07) is 2.09. The third-order valence-corrected chi connectivity index (χ3v) is 4.84. The fraction of sp³-hybridized carbons (Fsp3) is 0.636. The predicted molar refractivity (Wildman–Crippen MR) is 71.0 cm³/mol. The Bertz CT molecular complexity index is 348. The minimum Gasteiger partial charge on any atom is -0.271 e. The topological polar surface area (TPSA) is 38.0 Å². The second-order valence-electron chi connectivity index (χ2n) is 4.32. The maximum atomic E-state index is 6.18. The zero-order valence-corrected chi connectivity index (χ0v) is 11.3. The van der Waals surface area contributed by atoms with Crippen LogP contribution in [-0.2, 0) is 0 Å². The molecule has 0 aliphatic heterocycles. The van der Waals surface area contributed by atoms with E-state index in [0.717, 1.165) is 14.2 Å². The highest BCUT2D eigenvalue weighted by molar-refractivity contribution is 7.20. The summed E-state index contributed by atoms with van der Waals surface area (Å²) in [7, 11) is 0. The molecule has 0 bridgehead atoms. The number of rotatable bonds is 3. The summed E-state index contributed by atoms with van der Waals surface area (Å²) in [5.74, 6) is 6.25. The number of hydrazine groups is 1. The van der Waals surface area contributed by atoms with Crippen LogP contribution in [0.4, 0.5) is 0 Å². The summed E-state index contributed by atoms with van der Waals surface area (Å²) in [5.41, 5.74) is 3.97. The Morgan fingerprint density at radius 1 is 1.31 bits per heavy atom. The van der Waals surface area contributed by atoms with Crippen molar-refractivity contribution in [1.29, 1.82) is 0 Å². The molecule has 0 saturated heterocycles. The lowest BCUT2D eigenvalue weighted by atomic mass is 9.82. The van der Waals surface area contributed by atoms with Gasteiger partial charge in [0.15, 0.2) is 0 Å². The fourth-order valence-electron chi connectivity index (χ4n) is 2.51. The van der Waals surface area contributed by atoms with Crippen LogP contribution < -0.4 is 11.3 Å². The monoisotopic (exact) mass is 278 g/mol. The minimum absolute atomic E-state index is 0.150. The Labute approximate surface area is 110 Å². The highest BCUT2D eigenvalue weighted by Crippen LogP contribution is 2.41. The summed E-state index contributed by atoms with van der Waals surface area (Å²) in [5, 5.41) is 0. The quantitative estimate of drug-likeness (QED) is 0.644. The molecule has 1 aliphatic carbocycles.